The molecule has 16 rings (SSSR count). The molecule has 0 aliphatic heterocycles. The fraction of sp³-hybridized carbons (Fsp3) is 0.191. The third kappa shape index (κ3) is 19.6. The Morgan fingerprint density at radius 2 is 0.730 bits per heavy atom. The summed E-state index contributed by atoms with van der Waals surface area (Å²) in [6.45, 7) is 22.4. The van der Waals surface area contributed by atoms with Crippen LogP contribution in [0.25, 0.3) is 111 Å². The summed E-state index contributed by atoms with van der Waals surface area (Å²) in [5.41, 5.74) is 18.1. The third-order valence-corrected chi connectivity index (χ3v) is 24.4. The Bertz CT molecular complexity index is 6540. The van der Waals surface area contributed by atoms with Gasteiger partial charge in [0.1, 0.15) is 58.8 Å². The number of aromatic carboxylic acids is 1. The largest absolute Gasteiger partial charge is 0.476 e. The highest BCUT2D eigenvalue weighted by Crippen LogP contribution is 2.42. The van der Waals surface area contributed by atoms with E-state index in [0.717, 1.165) is 110 Å². The molecule has 1 N–H and O–H groups in total. The molecular formula is C89H78Br2Cl2N16O8S5. The number of ether oxygens (including phenoxy) is 3. The normalized spacial score (nSPS) is 11.1. The molecule has 0 saturated carbocycles. The van der Waals surface area contributed by atoms with Gasteiger partial charge in [-0.05, 0) is 215 Å². The zero-order valence-corrected chi connectivity index (χ0v) is 76.8. The molecule has 16 aromatic rings. The van der Waals surface area contributed by atoms with Gasteiger partial charge in [-0.1, -0.05) is 219 Å². The van der Waals surface area contributed by atoms with Crippen molar-refractivity contribution in [3.63, 3.8) is 0 Å². The SMILES string of the molecule is CCOC(=O)c1nn(-c2ccccc2C)c(-c2nsc(-c3cccc(C)c3)n2)c1Cl.COC(=O)c1nn(-c2ccccc2C(C)C)c(-c2nsc(-c3cccc(C)c3)n2)c1Br.CSCOC(=O)c1nn(-c2ccccc2C)c(-c2nsc(-c3cccc(C)c3)n2)c1Br.Cc1cccc(-c2nc(-c3c(Cl)c(C(=O)O)nn3-c3ccccc3C(C)C)ns2)c1. The summed E-state index contributed by atoms with van der Waals surface area (Å²) in [6, 6.07) is 63.5. The lowest BCUT2D eigenvalue weighted by Gasteiger charge is -2.14. The van der Waals surface area contributed by atoms with E-state index >= 15 is 0 Å². The number of benzene rings is 8. The predicted molar refractivity (Wildman–Crippen MR) is 492 cm³/mol. The van der Waals surface area contributed by atoms with E-state index in [1.165, 1.54) is 65.0 Å². The van der Waals surface area contributed by atoms with Crippen molar-refractivity contribution in [3.05, 3.63) is 280 Å². The Morgan fingerprint density at radius 3 is 1.08 bits per heavy atom. The van der Waals surface area contributed by atoms with Gasteiger partial charge in [-0.15, -0.1) is 11.8 Å². The summed E-state index contributed by atoms with van der Waals surface area (Å²) >= 11 is 26.8. The summed E-state index contributed by atoms with van der Waals surface area (Å²) in [5.74, 6) is -0.329. The molecule has 0 spiro atoms. The van der Waals surface area contributed by atoms with Gasteiger partial charge in [-0.2, -0.15) is 37.9 Å². The fourth-order valence-corrected chi connectivity index (χ4v) is 17.5. The molecule has 620 valence electrons. The van der Waals surface area contributed by atoms with Gasteiger partial charge < -0.3 is 19.3 Å². The first-order valence-electron chi connectivity index (χ1n) is 38.0. The number of para-hydroxylation sites is 4. The van der Waals surface area contributed by atoms with Gasteiger partial charge in [0.25, 0.3) is 0 Å². The van der Waals surface area contributed by atoms with Gasteiger partial charge in [-0.25, -0.2) is 57.8 Å². The van der Waals surface area contributed by atoms with Crippen molar-refractivity contribution in [3.8, 4) is 111 Å². The van der Waals surface area contributed by atoms with Gasteiger partial charge in [0.15, 0.2) is 46.1 Å². The molecule has 0 aliphatic rings. The Balaban J connectivity index is 0.000000140. The van der Waals surface area contributed by atoms with E-state index in [1.54, 1.807) is 25.7 Å². The summed E-state index contributed by atoms with van der Waals surface area (Å²) in [5, 5.41) is 30.8. The van der Waals surface area contributed by atoms with Crippen molar-refractivity contribution >= 4 is 137 Å². The lowest BCUT2D eigenvalue weighted by Crippen LogP contribution is -2.07. The second-order valence-electron chi connectivity index (χ2n) is 28.2. The van der Waals surface area contributed by atoms with E-state index in [0.29, 0.717) is 55.0 Å². The van der Waals surface area contributed by atoms with Crippen molar-refractivity contribution in [2.45, 2.75) is 88.0 Å². The summed E-state index contributed by atoms with van der Waals surface area (Å²) in [6.07, 6.45) is 1.87. The van der Waals surface area contributed by atoms with Gasteiger partial charge in [-0.3, -0.25) is 0 Å². The maximum atomic E-state index is 12.6. The minimum atomic E-state index is -1.20. The van der Waals surface area contributed by atoms with E-state index in [9.17, 15) is 24.3 Å². The molecule has 0 unspecified atom stereocenters. The first-order valence-corrected chi connectivity index (χ1v) is 44.8. The summed E-state index contributed by atoms with van der Waals surface area (Å²) < 4.78 is 41.2. The van der Waals surface area contributed by atoms with Crippen molar-refractivity contribution in [1.29, 1.82) is 0 Å². The molecule has 24 nitrogen and oxygen atoms in total. The minimum absolute atomic E-state index is 0.0228. The molecule has 8 aromatic heterocycles. The highest BCUT2D eigenvalue weighted by molar-refractivity contribution is 9.11. The molecule has 0 fully saturated rings. The van der Waals surface area contributed by atoms with E-state index < -0.39 is 23.9 Å². The molecule has 8 aromatic carbocycles. The monoisotopic (exact) mass is 1890 g/mol. The van der Waals surface area contributed by atoms with Crippen LogP contribution in [-0.4, -0.2) is 131 Å². The number of carboxylic acids is 1. The summed E-state index contributed by atoms with van der Waals surface area (Å²) in [4.78, 5) is 68.1. The zero-order valence-electron chi connectivity index (χ0n) is 68.1. The quantitative estimate of drug-likeness (QED) is 0.0397. The fourth-order valence-electron chi connectivity index (χ4n) is 12.9. The number of carbonyl (C=O) groups excluding carboxylic acids is 3. The molecule has 33 heteroatoms. The molecule has 0 aliphatic carbocycles. The van der Waals surface area contributed by atoms with Crippen LogP contribution in [0, 0.1) is 41.5 Å². The second-order valence-corrected chi connectivity index (χ2v) is 34.4. The number of carbonyl (C=O) groups is 4. The number of rotatable bonds is 21. The summed E-state index contributed by atoms with van der Waals surface area (Å²) in [7, 11) is 1.34. The number of halogens is 4. The number of esters is 3. The van der Waals surface area contributed by atoms with Crippen molar-refractivity contribution in [2.24, 2.45) is 0 Å². The average Bonchev–Trinajstić information content (AvgIpc) is 1.63. The van der Waals surface area contributed by atoms with E-state index in [-0.39, 0.29) is 57.2 Å². The van der Waals surface area contributed by atoms with Crippen LogP contribution in [0.1, 0.15) is 133 Å². The van der Waals surface area contributed by atoms with Crippen LogP contribution in [-0.2, 0) is 14.2 Å². The second kappa shape index (κ2) is 39.6. The number of aromatic nitrogens is 16. The maximum Gasteiger partial charge on any atom is 0.360 e. The van der Waals surface area contributed by atoms with Crippen LogP contribution in [0.2, 0.25) is 10.0 Å². The Hall–Kier alpha value is -11.4. The number of methoxy groups -OCH3 is 1. The van der Waals surface area contributed by atoms with Crippen LogP contribution in [0.3, 0.4) is 0 Å². The Kier molecular flexibility index (Phi) is 28.7. The third-order valence-electron chi connectivity index (χ3n) is 18.7. The smallest absolute Gasteiger partial charge is 0.360 e. The molecule has 0 radical (unpaired) electrons. The predicted octanol–water partition coefficient (Wildman–Crippen LogP) is 23.3. The van der Waals surface area contributed by atoms with Crippen LogP contribution in [0.15, 0.2) is 203 Å². The molecule has 122 heavy (non-hydrogen) atoms. The first kappa shape index (κ1) is 88.4. The maximum absolute atomic E-state index is 12.6. The lowest BCUT2D eigenvalue weighted by atomic mass is 10.0. The Morgan fingerprint density at radius 1 is 0.418 bits per heavy atom. The van der Waals surface area contributed by atoms with Gasteiger partial charge in [0.05, 0.1) is 45.4 Å². The van der Waals surface area contributed by atoms with E-state index in [2.05, 4.69) is 127 Å². The number of hydrogen-bond donors (Lipinski definition) is 1. The highest BCUT2D eigenvalue weighted by Gasteiger charge is 2.33. The van der Waals surface area contributed by atoms with E-state index in [4.69, 9.17) is 52.4 Å². The topological polar surface area (TPSA) is 291 Å². The molecular weight excluding hydrogens is 1810 g/mol. The average molecular weight is 1890 g/mol. The first-order chi connectivity index (χ1) is 58.7. The number of aryl methyl sites for hydroxylation is 6. The van der Waals surface area contributed by atoms with Crippen LogP contribution >= 0.6 is 113 Å². The Labute approximate surface area is 751 Å². The lowest BCUT2D eigenvalue weighted by molar-refractivity contribution is 0.0516. The van der Waals surface area contributed by atoms with Gasteiger partial charge in [0.2, 0.25) is 0 Å². The molecule has 0 saturated heterocycles. The molecule has 0 atom stereocenters. The molecule has 0 bridgehead atoms. The van der Waals surface area contributed by atoms with E-state index in [1.807, 2.05) is 218 Å². The number of nitrogens with zero attached hydrogens (tertiary/aromatic N) is 16. The molecule has 0 amide bonds. The number of hydrogen-bond acceptors (Lipinski definition) is 24. The molecule has 8 heterocycles. The standard InChI is InChI=1S/C23H21BrN4O2S.C22H19BrN4O2S2.2C22H19ClN4O2S/c1-13(2)16-10-5-6-11-17(16)28-20(18(24)19(26-28)23(29)30-4)21-25-22(31-27-21)15-9-7-8-14(3)12-15;1-13-7-6-9-15(11-13)21-24-20(26-31-21)19-17(23)18(22(28)29-12-30-3)25-27(19)16-10-5-4-8-14(16)2;1-12(2)15-9-4-5-10-16(15)27-19(17(23)18(25-27)22(28)29)20-24-21(30-26-20)14-8-6-7-13(3)11-14;1-4-29-22(28)18-17(23)19(27(25-18)16-11-6-5-9-14(16)3)20-24-21(30-26-20)15-10-7-8-13(2)12-15/h5-13H,1-4H3;4-11H,12H2,1-3H3;4-12H,1-3H3,(H,28,29);5-12H,4H2,1-3H3. The van der Waals surface area contributed by atoms with Crippen molar-refractivity contribution in [1.82, 2.24) is 76.6 Å². The highest BCUT2D eigenvalue weighted by atomic mass is 79.9. The van der Waals surface area contributed by atoms with Gasteiger partial charge >= 0.3 is 23.9 Å². The zero-order chi connectivity index (χ0) is 86.7. The van der Waals surface area contributed by atoms with Crippen molar-refractivity contribution in [2.75, 3.05) is 25.9 Å². The van der Waals surface area contributed by atoms with Crippen LogP contribution in [0.5, 0.6) is 0 Å². The van der Waals surface area contributed by atoms with Crippen molar-refractivity contribution < 1.29 is 38.5 Å². The van der Waals surface area contributed by atoms with Crippen LogP contribution < -0.4 is 0 Å². The number of carboxylic acid groups (broad SMARTS) is 1. The number of thioether (sulfide) groups is 1. The van der Waals surface area contributed by atoms with Gasteiger partial charge in [0, 0.05) is 22.3 Å². The minimum Gasteiger partial charge on any atom is -0.476 e. The van der Waals surface area contributed by atoms with Crippen LogP contribution in [0.4, 0.5) is 0 Å².